The number of rotatable bonds is 7. The van der Waals surface area contributed by atoms with Crippen LogP contribution in [0.3, 0.4) is 0 Å². The van der Waals surface area contributed by atoms with Crippen LogP contribution in [0.2, 0.25) is 0 Å². The second kappa shape index (κ2) is 9.64. The zero-order valence-corrected chi connectivity index (χ0v) is 15.3. The molecule has 5 nitrogen and oxygen atoms in total. The Bertz CT molecular complexity index is 501. The van der Waals surface area contributed by atoms with E-state index in [1.54, 1.807) is 0 Å². The molecule has 0 saturated carbocycles. The number of benzene rings is 1. The van der Waals surface area contributed by atoms with Gasteiger partial charge in [-0.2, -0.15) is 0 Å². The second-order valence-corrected chi connectivity index (χ2v) is 6.23. The lowest BCUT2D eigenvalue weighted by Gasteiger charge is -2.30. The summed E-state index contributed by atoms with van der Waals surface area (Å²) in [6.45, 7) is 11.6. The number of β-amino-alcohol motifs (C(OH)–C–C–N with tert-alkyl or cyclic N) is 1. The van der Waals surface area contributed by atoms with E-state index in [2.05, 4.69) is 66.2 Å². The Labute approximate surface area is 146 Å². The van der Waals surface area contributed by atoms with Crippen LogP contribution in [0.5, 0.6) is 0 Å². The Morgan fingerprint density at radius 1 is 1.29 bits per heavy atom. The Hall–Kier alpha value is -1.59. The van der Waals surface area contributed by atoms with Gasteiger partial charge in [-0.05, 0) is 32.0 Å². The zero-order chi connectivity index (χ0) is 17.4. The van der Waals surface area contributed by atoms with Gasteiger partial charge in [0.05, 0.1) is 18.7 Å². The first-order valence-corrected chi connectivity index (χ1v) is 9.19. The fourth-order valence-electron chi connectivity index (χ4n) is 3.30. The average Bonchev–Trinajstić information content (AvgIpc) is 3.04. The van der Waals surface area contributed by atoms with E-state index >= 15 is 0 Å². The van der Waals surface area contributed by atoms with E-state index in [0.29, 0.717) is 6.54 Å². The van der Waals surface area contributed by atoms with Crippen molar-refractivity contribution >= 4 is 5.96 Å². The number of likely N-dealkylation sites (tertiary alicyclic amines) is 1. The van der Waals surface area contributed by atoms with E-state index in [0.717, 1.165) is 45.1 Å². The number of guanidine groups is 1. The van der Waals surface area contributed by atoms with Crippen molar-refractivity contribution in [3.8, 4) is 0 Å². The third kappa shape index (κ3) is 4.95. The van der Waals surface area contributed by atoms with Gasteiger partial charge in [-0.3, -0.25) is 9.89 Å². The van der Waals surface area contributed by atoms with Gasteiger partial charge in [-0.1, -0.05) is 44.2 Å². The van der Waals surface area contributed by atoms with Crippen LogP contribution in [-0.2, 0) is 0 Å². The summed E-state index contributed by atoms with van der Waals surface area (Å²) in [5, 5.41) is 13.2. The maximum atomic E-state index is 9.80. The highest BCUT2D eigenvalue weighted by Crippen LogP contribution is 2.21. The first kappa shape index (κ1) is 18.7. The number of aliphatic hydroxyl groups is 1. The van der Waals surface area contributed by atoms with Crippen molar-refractivity contribution in [2.45, 2.75) is 39.3 Å². The summed E-state index contributed by atoms with van der Waals surface area (Å²) < 4.78 is 0. The lowest BCUT2D eigenvalue weighted by atomic mass is 10.1. The van der Waals surface area contributed by atoms with Crippen molar-refractivity contribution in [3.63, 3.8) is 0 Å². The molecule has 1 saturated heterocycles. The fraction of sp³-hybridized carbons (Fsp3) is 0.632. The SMILES string of the molecule is CCNC(=NCC(c1ccccc1)N(CC)CC)N1CC[C@@H](O)C1. The second-order valence-electron chi connectivity index (χ2n) is 6.23. The van der Waals surface area contributed by atoms with E-state index in [1.807, 2.05) is 0 Å². The van der Waals surface area contributed by atoms with Crippen LogP contribution in [-0.4, -0.2) is 66.2 Å². The largest absolute Gasteiger partial charge is 0.391 e. The maximum absolute atomic E-state index is 9.80. The van der Waals surface area contributed by atoms with Gasteiger partial charge >= 0.3 is 0 Å². The van der Waals surface area contributed by atoms with Crippen molar-refractivity contribution in [3.05, 3.63) is 35.9 Å². The highest BCUT2D eigenvalue weighted by atomic mass is 16.3. The molecule has 0 amide bonds. The minimum atomic E-state index is -0.235. The predicted octanol–water partition coefficient (Wildman–Crippen LogP) is 2.10. The van der Waals surface area contributed by atoms with Gasteiger partial charge in [-0.25, -0.2) is 0 Å². The van der Waals surface area contributed by atoms with E-state index in [9.17, 15) is 5.11 Å². The van der Waals surface area contributed by atoms with Crippen molar-refractivity contribution < 1.29 is 5.11 Å². The van der Waals surface area contributed by atoms with Crippen LogP contribution < -0.4 is 5.32 Å². The van der Waals surface area contributed by atoms with Gasteiger partial charge in [0, 0.05) is 19.6 Å². The normalized spacial score (nSPS) is 19.8. The Kier molecular flexibility index (Phi) is 7.53. The Morgan fingerprint density at radius 3 is 2.54 bits per heavy atom. The number of hydrogen-bond acceptors (Lipinski definition) is 3. The quantitative estimate of drug-likeness (QED) is 0.593. The van der Waals surface area contributed by atoms with E-state index in [-0.39, 0.29) is 12.1 Å². The lowest BCUT2D eigenvalue weighted by Crippen LogP contribution is -2.41. The summed E-state index contributed by atoms with van der Waals surface area (Å²) >= 11 is 0. The summed E-state index contributed by atoms with van der Waals surface area (Å²) in [6.07, 6.45) is 0.587. The van der Waals surface area contributed by atoms with Crippen LogP contribution in [0.15, 0.2) is 35.3 Å². The predicted molar refractivity (Wildman–Crippen MR) is 100 cm³/mol. The molecule has 5 heteroatoms. The lowest BCUT2D eigenvalue weighted by molar-refractivity contribution is 0.187. The molecule has 0 aromatic heterocycles. The molecule has 134 valence electrons. The molecule has 1 heterocycles. The molecule has 0 bridgehead atoms. The third-order valence-electron chi connectivity index (χ3n) is 4.65. The van der Waals surface area contributed by atoms with Crippen LogP contribution >= 0.6 is 0 Å². The standard InChI is InChI=1S/C19H32N4O/c1-4-20-19(23-13-12-17(24)15-23)21-14-18(22(5-2)6-3)16-10-8-7-9-11-16/h7-11,17-18,24H,4-6,12-15H2,1-3H3,(H,20,21)/t17-,18?/m1/s1. The molecule has 2 N–H and O–H groups in total. The smallest absolute Gasteiger partial charge is 0.194 e. The number of aliphatic hydroxyl groups excluding tert-OH is 1. The van der Waals surface area contributed by atoms with E-state index in [4.69, 9.17) is 4.99 Å². The minimum Gasteiger partial charge on any atom is -0.391 e. The van der Waals surface area contributed by atoms with Crippen LogP contribution in [0.25, 0.3) is 0 Å². The molecule has 2 rings (SSSR count). The average molecular weight is 332 g/mol. The Morgan fingerprint density at radius 2 is 2.00 bits per heavy atom. The highest BCUT2D eigenvalue weighted by Gasteiger charge is 2.24. The molecule has 1 fully saturated rings. The molecule has 0 aliphatic carbocycles. The van der Waals surface area contributed by atoms with Crippen molar-refractivity contribution in [1.82, 2.24) is 15.1 Å². The fourth-order valence-corrected chi connectivity index (χ4v) is 3.30. The molecule has 1 aromatic carbocycles. The number of nitrogens with one attached hydrogen (secondary N) is 1. The summed E-state index contributed by atoms with van der Waals surface area (Å²) in [5.41, 5.74) is 1.31. The van der Waals surface area contributed by atoms with Crippen LogP contribution in [0.4, 0.5) is 0 Å². The van der Waals surface area contributed by atoms with Gasteiger partial charge in [0.15, 0.2) is 5.96 Å². The molecule has 1 aromatic rings. The third-order valence-corrected chi connectivity index (χ3v) is 4.65. The molecular formula is C19H32N4O. The van der Waals surface area contributed by atoms with Crippen LogP contribution in [0, 0.1) is 0 Å². The van der Waals surface area contributed by atoms with Crippen molar-refractivity contribution in [2.75, 3.05) is 39.3 Å². The minimum absolute atomic E-state index is 0.235. The number of aliphatic imine (C=N–C) groups is 1. The van der Waals surface area contributed by atoms with E-state index < -0.39 is 0 Å². The summed E-state index contributed by atoms with van der Waals surface area (Å²) in [5.74, 6) is 0.919. The van der Waals surface area contributed by atoms with Gasteiger partial charge < -0.3 is 15.3 Å². The molecule has 1 aliphatic rings. The molecule has 2 atom stereocenters. The molecule has 1 aliphatic heterocycles. The van der Waals surface area contributed by atoms with Crippen LogP contribution in [0.1, 0.15) is 38.8 Å². The summed E-state index contributed by atoms with van der Waals surface area (Å²) in [6, 6.07) is 10.9. The topological polar surface area (TPSA) is 51.1 Å². The number of nitrogens with zero attached hydrogens (tertiary/aromatic N) is 3. The first-order chi connectivity index (χ1) is 11.7. The number of likely N-dealkylation sites (N-methyl/N-ethyl adjacent to an activating group) is 1. The number of hydrogen-bond donors (Lipinski definition) is 2. The van der Waals surface area contributed by atoms with Gasteiger partial charge in [-0.15, -0.1) is 0 Å². The molecular weight excluding hydrogens is 300 g/mol. The molecule has 0 radical (unpaired) electrons. The van der Waals surface area contributed by atoms with Gasteiger partial charge in [0.2, 0.25) is 0 Å². The van der Waals surface area contributed by atoms with E-state index in [1.165, 1.54) is 5.56 Å². The first-order valence-electron chi connectivity index (χ1n) is 9.19. The van der Waals surface area contributed by atoms with Crippen molar-refractivity contribution in [1.29, 1.82) is 0 Å². The zero-order valence-electron chi connectivity index (χ0n) is 15.3. The summed E-state index contributed by atoms with van der Waals surface area (Å²) in [7, 11) is 0. The van der Waals surface area contributed by atoms with Crippen molar-refractivity contribution in [2.24, 2.45) is 4.99 Å². The molecule has 1 unspecified atom stereocenters. The van der Waals surface area contributed by atoms with Gasteiger partial charge in [0.25, 0.3) is 0 Å². The summed E-state index contributed by atoms with van der Waals surface area (Å²) in [4.78, 5) is 9.51. The molecule has 0 spiro atoms. The maximum Gasteiger partial charge on any atom is 0.194 e. The van der Waals surface area contributed by atoms with Gasteiger partial charge in [0.1, 0.15) is 0 Å². The monoisotopic (exact) mass is 332 g/mol. The molecule has 24 heavy (non-hydrogen) atoms. The highest BCUT2D eigenvalue weighted by molar-refractivity contribution is 5.80. The Balaban J connectivity index is 2.17.